The first kappa shape index (κ1) is 10.3. The molecule has 3 rings (SSSR count). The van der Waals surface area contributed by atoms with Crippen molar-refractivity contribution < 1.29 is 0 Å². The van der Waals surface area contributed by atoms with Crippen LogP contribution in [0.15, 0.2) is 0 Å². The van der Waals surface area contributed by atoms with Crippen LogP contribution in [0.5, 0.6) is 0 Å². The molecule has 1 fully saturated rings. The normalized spacial score (nSPS) is 26.7. The van der Waals surface area contributed by atoms with E-state index in [0.29, 0.717) is 6.04 Å². The third-order valence-electron chi connectivity index (χ3n) is 3.96. The largest absolute Gasteiger partial charge is 0.314 e. The Hall–Kier alpha value is -0.900. The highest BCUT2D eigenvalue weighted by molar-refractivity contribution is 5.04. The molecular formula is C12H20N4. The topological polar surface area (TPSA) is 34.0 Å². The molecule has 2 aliphatic rings. The number of piperidine rings is 1. The van der Waals surface area contributed by atoms with Gasteiger partial charge in [0.1, 0.15) is 11.6 Å². The van der Waals surface area contributed by atoms with Gasteiger partial charge >= 0.3 is 0 Å². The van der Waals surface area contributed by atoms with Crippen molar-refractivity contribution in [3.63, 3.8) is 0 Å². The summed E-state index contributed by atoms with van der Waals surface area (Å²) in [5, 5.41) is 8.80. The third kappa shape index (κ3) is 1.65. The summed E-state index contributed by atoms with van der Waals surface area (Å²) >= 11 is 0. The predicted octanol–water partition coefficient (Wildman–Crippen LogP) is 1.77. The van der Waals surface area contributed by atoms with E-state index in [1.54, 1.807) is 0 Å². The van der Waals surface area contributed by atoms with Gasteiger partial charge in [-0.25, -0.2) is 0 Å². The lowest BCUT2D eigenvalue weighted by Gasteiger charge is -2.32. The van der Waals surface area contributed by atoms with Crippen molar-refractivity contribution in [2.75, 3.05) is 13.6 Å². The van der Waals surface area contributed by atoms with E-state index < -0.39 is 0 Å². The summed E-state index contributed by atoms with van der Waals surface area (Å²) < 4.78 is 2.37. The number of hydrogen-bond acceptors (Lipinski definition) is 3. The van der Waals surface area contributed by atoms with Gasteiger partial charge in [0.15, 0.2) is 0 Å². The molecule has 0 amide bonds. The van der Waals surface area contributed by atoms with E-state index in [-0.39, 0.29) is 0 Å². The monoisotopic (exact) mass is 220 g/mol. The summed E-state index contributed by atoms with van der Waals surface area (Å²) in [4.78, 5) is 2.44. The average Bonchev–Trinajstić information content (AvgIpc) is 2.74. The van der Waals surface area contributed by atoms with E-state index in [2.05, 4.69) is 26.7 Å². The first-order chi connectivity index (χ1) is 7.86. The van der Waals surface area contributed by atoms with E-state index in [4.69, 9.17) is 0 Å². The number of fused-ring (bicyclic) bond motifs is 1. The highest BCUT2D eigenvalue weighted by atomic mass is 15.3. The Kier molecular flexibility index (Phi) is 2.67. The Balaban J connectivity index is 1.90. The number of rotatable bonds is 1. The van der Waals surface area contributed by atoms with Crippen LogP contribution in [0.4, 0.5) is 0 Å². The van der Waals surface area contributed by atoms with Crippen LogP contribution >= 0.6 is 0 Å². The summed E-state index contributed by atoms with van der Waals surface area (Å²) in [5.41, 5.74) is 0. The van der Waals surface area contributed by atoms with Crippen LogP contribution in [0.2, 0.25) is 0 Å². The fourth-order valence-electron chi connectivity index (χ4n) is 2.98. The molecule has 1 aromatic heterocycles. The van der Waals surface area contributed by atoms with Gasteiger partial charge in [0, 0.05) is 13.0 Å². The molecule has 0 radical (unpaired) electrons. The van der Waals surface area contributed by atoms with Crippen LogP contribution in [-0.4, -0.2) is 33.3 Å². The van der Waals surface area contributed by atoms with Crippen LogP contribution < -0.4 is 0 Å². The molecule has 0 N–H and O–H groups in total. The summed E-state index contributed by atoms with van der Waals surface area (Å²) in [6.45, 7) is 2.33. The molecule has 1 unspecified atom stereocenters. The number of likely N-dealkylation sites (tertiary alicyclic amines) is 1. The standard InChI is InChI=1S/C12H20N4/c1-15-8-4-2-6-10(15)12-14-13-11-7-3-5-9-16(11)12/h10H,2-9H2,1H3. The molecule has 0 saturated carbocycles. The summed E-state index contributed by atoms with van der Waals surface area (Å²) in [5.74, 6) is 2.43. The summed E-state index contributed by atoms with van der Waals surface area (Å²) in [7, 11) is 2.22. The zero-order valence-electron chi connectivity index (χ0n) is 10.0. The molecular weight excluding hydrogens is 200 g/mol. The maximum absolute atomic E-state index is 4.44. The van der Waals surface area contributed by atoms with Crippen molar-refractivity contribution in [1.29, 1.82) is 0 Å². The van der Waals surface area contributed by atoms with Crippen molar-refractivity contribution in [2.45, 2.75) is 51.1 Å². The van der Waals surface area contributed by atoms with E-state index >= 15 is 0 Å². The van der Waals surface area contributed by atoms with Gasteiger partial charge in [-0.2, -0.15) is 0 Å². The van der Waals surface area contributed by atoms with Gasteiger partial charge in [-0.15, -0.1) is 10.2 Å². The number of nitrogens with zero attached hydrogens (tertiary/aromatic N) is 4. The van der Waals surface area contributed by atoms with E-state index in [1.165, 1.54) is 50.3 Å². The fourth-order valence-corrected chi connectivity index (χ4v) is 2.98. The van der Waals surface area contributed by atoms with Crippen LogP contribution in [0, 0.1) is 0 Å². The number of aryl methyl sites for hydroxylation is 1. The minimum absolute atomic E-state index is 0.507. The highest BCUT2D eigenvalue weighted by Crippen LogP contribution is 2.29. The molecule has 4 heteroatoms. The zero-order valence-corrected chi connectivity index (χ0v) is 10.0. The molecule has 16 heavy (non-hydrogen) atoms. The molecule has 4 nitrogen and oxygen atoms in total. The van der Waals surface area contributed by atoms with Gasteiger partial charge in [-0.1, -0.05) is 6.42 Å². The molecule has 88 valence electrons. The van der Waals surface area contributed by atoms with Crippen LogP contribution in [0.3, 0.4) is 0 Å². The Morgan fingerprint density at radius 2 is 1.94 bits per heavy atom. The van der Waals surface area contributed by atoms with Crippen molar-refractivity contribution in [3.8, 4) is 0 Å². The van der Waals surface area contributed by atoms with E-state index in [1.807, 2.05) is 0 Å². The minimum atomic E-state index is 0.507. The second-order valence-electron chi connectivity index (χ2n) is 5.08. The van der Waals surface area contributed by atoms with E-state index in [0.717, 1.165) is 13.0 Å². The third-order valence-corrected chi connectivity index (χ3v) is 3.96. The highest BCUT2D eigenvalue weighted by Gasteiger charge is 2.27. The number of aromatic nitrogens is 3. The molecule has 3 heterocycles. The SMILES string of the molecule is CN1CCCCC1c1nnc2n1CCCC2. The first-order valence-electron chi connectivity index (χ1n) is 6.48. The molecule has 1 aromatic rings. The maximum atomic E-state index is 4.44. The summed E-state index contributed by atoms with van der Waals surface area (Å²) in [6, 6.07) is 0.507. The second-order valence-corrected chi connectivity index (χ2v) is 5.08. The first-order valence-corrected chi connectivity index (χ1v) is 6.48. The molecule has 0 aliphatic carbocycles. The van der Waals surface area contributed by atoms with Crippen molar-refractivity contribution >= 4 is 0 Å². The average molecular weight is 220 g/mol. The molecule has 1 saturated heterocycles. The van der Waals surface area contributed by atoms with Crippen LogP contribution in [-0.2, 0) is 13.0 Å². The van der Waals surface area contributed by atoms with Gasteiger partial charge in [0.05, 0.1) is 6.04 Å². The lowest BCUT2D eigenvalue weighted by Crippen LogP contribution is -2.32. The molecule has 0 bridgehead atoms. The van der Waals surface area contributed by atoms with Gasteiger partial charge in [0.2, 0.25) is 0 Å². The predicted molar refractivity (Wildman–Crippen MR) is 62.2 cm³/mol. The van der Waals surface area contributed by atoms with Crippen molar-refractivity contribution in [2.24, 2.45) is 0 Å². The zero-order chi connectivity index (χ0) is 11.0. The van der Waals surface area contributed by atoms with Gasteiger partial charge in [0.25, 0.3) is 0 Å². The maximum Gasteiger partial charge on any atom is 0.150 e. The Labute approximate surface area is 96.7 Å². The fraction of sp³-hybridized carbons (Fsp3) is 0.833. The van der Waals surface area contributed by atoms with Gasteiger partial charge in [-0.05, 0) is 39.3 Å². The van der Waals surface area contributed by atoms with Gasteiger partial charge in [-0.3, -0.25) is 4.90 Å². The van der Waals surface area contributed by atoms with Crippen LogP contribution in [0.1, 0.15) is 49.8 Å². The molecule has 1 atom stereocenters. The molecule has 0 spiro atoms. The van der Waals surface area contributed by atoms with E-state index in [9.17, 15) is 0 Å². The minimum Gasteiger partial charge on any atom is -0.314 e. The van der Waals surface area contributed by atoms with Crippen LogP contribution in [0.25, 0.3) is 0 Å². The van der Waals surface area contributed by atoms with Crippen molar-refractivity contribution in [3.05, 3.63) is 11.6 Å². The molecule has 0 aromatic carbocycles. The second kappa shape index (κ2) is 4.17. The molecule has 2 aliphatic heterocycles. The summed E-state index contributed by atoms with van der Waals surface area (Å²) in [6.07, 6.45) is 7.58. The Bertz CT molecular complexity index is 371. The lowest BCUT2D eigenvalue weighted by molar-refractivity contribution is 0.174. The smallest absolute Gasteiger partial charge is 0.150 e. The quantitative estimate of drug-likeness (QED) is 0.723. The Morgan fingerprint density at radius 3 is 2.81 bits per heavy atom. The van der Waals surface area contributed by atoms with Gasteiger partial charge < -0.3 is 4.57 Å². The van der Waals surface area contributed by atoms with Crippen molar-refractivity contribution in [1.82, 2.24) is 19.7 Å². The number of hydrogen-bond donors (Lipinski definition) is 0. The Morgan fingerprint density at radius 1 is 1.06 bits per heavy atom. The lowest BCUT2D eigenvalue weighted by atomic mass is 10.0.